The Morgan fingerprint density at radius 1 is 1.30 bits per heavy atom. The zero-order valence-corrected chi connectivity index (χ0v) is 21.3. The molecule has 2 amide bonds. The number of methoxy groups -OCH3 is 1. The van der Waals surface area contributed by atoms with Crippen LogP contribution in [0.4, 0.5) is 0 Å². The molecule has 0 radical (unpaired) electrons. The summed E-state index contributed by atoms with van der Waals surface area (Å²) in [5.41, 5.74) is 1.50. The van der Waals surface area contributed by atoms with Crippen molar-refractivity contribution in [2.24, 2.45) is 0 Å². The molecule has 2 aliphatic heterocycles. The summed E-state index contributed by atoms with van der Waals surface area (Å²) in [5.74, 6) is -0.612. The van der Waals surface area contributed by atoms with Gasteiger partial charge in [-0.2, -0.15) is 0 Å². The predicted octanol–water partition coefficient (Wildman–Crippen LogP) is 0.784. The Morgan fingerprint density at radius 2 is 2.11 bits per heavy atom. The average Bonchev–Trinajstić information content (AvgIpc) is 3.57. The van der Waals surface area contributed by atoms with Gasteiger partial charge in [0.05, 0.1) is 38.4 Å². The van der Waals surface area contributed by atoms with Gasteiger partial charge >= 0.3 is 0 Å². The predicted molar refractivity (Wildman–Crippen MR) is 134 cm³/mol. The molecular formula is C27H36N2O8. The molecule has 1 aromatic rings. The highest BCUT2D eigenvalue weighted by atomic mass is 16.5. The Balaban J connectivity index is 1.79. The van der Waals surface area contributed by atoms with Crippen molar-refractivity contribution >= 4 is 11.8 Å². The van der Waals surface area contributed by atoms with Crippen LogP contribution in [0.5, 0.6) is 11.5 Å². The van der Waals surface area contributed by atoms with Gasteiger partial charge in [0, 0.05) is 30.8 Å². The van der Waals surface area contributed by atoms with E-state index in [9.17, 15) is 24.9 Å². The number of rotatable bonds is 10. The van der Waals surface area contributed by atoms with Crippen LogP contribution < -0.4 is 14.8 Å². The molecule has 0 saturated carbocycles. The molecule has 0 spiro atoms. The molecule has 10 nitrogen and oxygen atoms in total. The number of carbonyl (C=O) groups is 2. The van der Waals surface area contributed by atoms with Crippen LogP contribution >= 0.6 is 0 Å². The smallest absolute Gasteiger partial charge is 0.247 e. The van der Waals surface area contributed by atoms with Crippen molar-refractivity contribution in [1.29, 1.82) is 0 Å². The number of ether oxygens (including phenoxy) is 3. The van der Waals surface area contributed by atoms with Gasteiger partial charge in [-0.05, 0) is 49.1 Å². The van der Waals surface area contributed by atoms with E-state index in [1.807, 2.05) is 6.92 Å². The zero-order valence-electron chi connectivity index (χ0n) is 21.3. The topological polar surface area (TPSA) is 138 Å². The maximum absolute atomic E-state index is 13.3. The first kappa shape index (κ1) is 27.1. The second-order valence-corrected chi connectivity index (χ2v) is 9.45. The fraction of sp³-hybridized carbons (Fsp3) is 0.556. The van der Waals surface area contributed by atoms with Crippen molar-refractivity contribution < 1.29 is 39.1 Å². The molecule has 10 heteroatoms. The third kappa shape index (κ3) is 5.52. The van der Waals surface area contributed by atoms with E-state index in [2.05, 4.69) is 5.32 Å². The molecule has 2 heterocycles. The highest BCUT2D eigenvalue weighted by Gasteiger charge is 2.51. The maximum atomic E-state index is 13.3. The van der Waals surface area contributed by atoms with E-state index < -0.39 is 30.1 Å². The Hall–Kier alpha value is -2.92. The molecule has 5 unspecified atom stereocenters. The van der Waals surface area contributed by atoms with Crippen LogP contribution in [0.25, 0.3) is 0 Å². The van der Waals surface area contributed by atoms with Crippen LogP contribution in [0.1, 0.15) is 43.2 Å². The van der Waals surface area contributed by atoms with E-state index in [4.69, 9.17) is 14.2 Å². The van der Waals surface area contributed by atoms with Crippen molar-refractivity contribution in [3.63, 3.8) is 0 Å². The van der Waals surface area contributed by atoms with Gasteiger partial charge in [0.25, 0.3) is 0 Å². The van der Waals surface area contributed by atoms with Crippen molar-refractivity contribution in [3.8, 4) is 11.5 Å². The molecule has 0 bridgehead atoms. The number of hydrogen-bond donors (Lipinski definition) is 4. The summed E-state index contributed by atoms with van der Waals surface area (Å²) in [5, 5.41) is 33.4. The Labute approximate surface area is 216 Å². The van der Waals surface area contributed by atoms with Gasteiger partial charge in [0.15, 0.2) is 11.5 Å². The maximum Gasteiger partial charge on any atom is 0.247 e. The lowest BCUT2D eigenvalue weighted by molar-refractivity contribution is -0.134. The lowest BCUT2D eigenvalue weighted by Gasteiger charge is -2.41. The summed E-state index contributed by atoms with van der Waals surface area (Å²) in [4.78, 5) is 28.2. The third-order valence-corrected chi connectivity index (χ3v) is 7.06. The van der Waals surface area contributed by atoms with Crippen LogP contribution in [0.2, 0.25) is 0 Å². The van der Waals surface area contributed by atoms with Gasteiger partial charge in [0.1, 0.15) is 12.2 Å². The van der Waals surface area contributed by atoms with Gasteiger partial charge in [0.2, 0.25) is 11.8 Å². The van der Waals surface area contributed by atoms with E-state index in [-0.39, 0.29) is 38.3 Å². The minimum Gasteiger partial charge on any atom is -0.493 e. The molecular weight excluding hydrogens is 480 g/mol. The van der Waals surface area contributed by atoms with E-state index in [0.717, 1.165) is 12.8 Å². The number of aliphatic hydroxyl groups is 3. The molecule has 1 fully saturated rings. The highest BCUT2D eigenvalue weighted by Crippen LogP contribution is 2.51. The SMILES string of the molecule is CCC=CC(=O)N(CC1CCCO1)C1C=C(C(=O)NCCO)C2c3cc(CO)cc(OC)c3OC2C1O. The van der Waals surface area contributed by atoms with Crippen LogP contribution in [0.3, 0.4) is 0 Å². The second-order valence-electron chi connectivity index (χ2n) is 9.45. The normalized spacial score (nSPS) is 26.3. The standard InChI is InChI=1S/C27H36N2O8/c1-3-4-7-22(32)29(14-17-6-5-10-36-17)20-13-19(27(34)28-8-9-30)23-18-11-16(15-31)12-21(35-2)25(18)37-26(23)24(20)33/h4,7,11-13,17,20,23-24,26,30-31,33H,3,5-6,8-10,14-15H2,1-2H3,(H,28,34). The van der Waals surface area contributed by atoms with Gasteiger partial charge in [-0.3, -0.25) is 9.59 Å². The number of allylic oxidation sites excluding steroid dienone is 1. The molecule has 3 aliphatic rings. The number of amides is 2. The molecule has 4 N–H and O–H groups in total. The lowest BCUT2D eigenvalue weighted by atomic mass is 9.77. The number of hydrogen-bond acceptors (Lipinski definition) is 8. The zero-order chi connectivity index (χ0) is 26.5. The highest BCUT2D eigenvalue weighted by molar-refractivity contribution is 5.96. The summed E-state index contributed by atoms with van der Waals surface area (Å²) in [6.45, 7) is 2.38. The summed E-state index contributed by atoms with van der Waals surface area (Å²) in [6.07, 6.45) is 5.02. The quantitative estimate of drug-likeness (QED) is 0.335. The number of benzene rings is 1. The van der Waals surface area contributed by atoms with Crippen molar-refractivity contribution in [2.75, 3.05) is 33.4 Å². The van der Waals surface area contributed by atoms with Crippen molar-refractivity contribution in [1.82, 2.24) is 10.2 Å². The first-order chi connectivity index (χ1) is 17.9. The molecule has 4 rings (SSSR count). The summed E-state index contributed by atoms with van der Waals surface area (Å²) in [7, 11) is 1.48. The molecule has 5 atom stereocenters. The van der Waals surface area contributed by atoms with E-state index >= 15 is 0 Å². The minimum atomic E-state index is -1.16. The van der Waals surface area contributed by atoms with Crippen LogP contribution in [0, 0.1) is 0 Å². The largest absolute Gasteiger partial charge is 0.493 e. The van der Waals surface area contributed by atoms with Crippen LogP contribution in [-0.2, 0) is 20.9 Å². The third-order valence-electron chi connectivity index (χ3n) is 7.06. The van der Waals surface area contributed by atoms with Crippen molar-refractivity contribution in [3.05, 3.63) is 47.1 Å². The van der Waals surface area contributed by atoms with Gasteiger partial charge in [-0.1, -0.05) is 13.0 Å². The molecule has 1 aliphatic carbocycles. The van der Waals surface area contributed by atoms with E-state index in [1.54, 1.807) is 29.2 Å². The van der Waals surface area contributed by atoms with E-state index in [0.29, 0.717) is 41.2 Å². The summed E-state index contributed by atoms with van der Waals surface area (Å²) in [6, 6.07) is 2.53. The Kier molecular flexibility index (Phi) is 8.86. The number of fused-ring (bicyclic) bond motifs is 3. The lowest BCUT2D eigenvalue weighted by Crippen LogP contribution is -2.56. The fourth-order valence-electron chi connectivity index (χ4n) is 5.30. The molecule has 0 aromatic heterocycles. The number of carbonyl (C=O) groups excluding carboxylic acids is 2. The Bertz CT molecular complexity index is 1050. The number of nitrogens with zero attached hydrogens (tertiary/aromatic N) is 1. The first-order valence-electron chi connectivity index (χ1n) is 12.8. The Morgan fingerprint density at radius 3 is 2.76 bits per heavy atom. The summed E-state index contributed by atoms with van der Waals surface area (Å²) < 4.78 is 17.5. The minimum absolute atomic E-state index is 0.0479. The fourth-order valence-corrected chi connectivity index (χ4v) is 5.30. The van der Waals surface area contributed by atoms with Crippen molar-refractivity contribution in [2.45, 2.75) is 63.1 Å². The van der Waals surface area contributed by atoms with Gasteiger partial charge in [-0.15, -0.1) is 0 Å². The number of nitrogens with one attached hydrogen (secondary N) is 1. The molecule has 1 aromatic carbocycles. The van der Waals surface area contributed by atoms with Gasteiger partial charge in [-0.25, -0.2) is 0 Å². The second kappa shape index (κ2) is 12.1. The monoisotopic (exact) mass is 516 g/mol. The molecule has 37 heavy (non-hydrogen) atoms. The van der Waals surface area contributed by atoms with E-state index in [1.165, 1.54) is 13.2 Å². The van der Waals surface area contributed by atoms with Crippen LogP contribution in [0.15, 0.2) is 35.9 Å². The molecule has 1 saturated heterocycles. The van der Waals surface area contributed by atoms with Crippen LogP contribution in [-0.4, -0.2) is 89.8 Å². The first-order valence-corrected chi connectivity index (χ1v) is 12.8. The molecule has 202 valence electrons. The number of aliphatic hydroxyl groups excluding tert-OH is 3. The average molecular weight is 517 g/mol. The summed E-state index contributed by atoms with van der Waals surface area (Å²) >= 11 is 0. The van der Waals surface area contributed by atoms with Gasteiger partial charge < -0.3 is 39.7 Å².